The van der Waals surface area contributed by atoms with E-state index in [0.717, 1.165) is 24.2 Å². The van der Waals surface area contributed by atoms with Gasteiger partial charge in [0, 0.05) is 24.6 Å². The lowest BCUT2D eigenvalue weighted by atomic mass is 10.3. The van der Waals surface area contributed by atoms with Gasteiger partial charge >= 0.3 is 0 Å². The highest BCUT2D eigenvalue weighted by Crippen LogP contribution is 2.39. The van der Waals surface area contributed by atoms with Gasteiger partial charge in [-0.3, -0.25) is 0 Å². The van der Waals surface area contributed by atoms with E-state index >= 15 is 0 Å². The molecule has 2 rings (SSSR count). The van der Waals surface area contributed by atoms with Gasteiger partial charge in [-0.15, -0.1) is 0 Å². The van der Waals surface area contributed by atoms with Gasteiger partial charge in [-0.05, 0) is 19.8 Å². The fraction of sp³-hybridized carbons (Fsp3) is 0.667. The van der Waals surface area contributed by atoms with Crippen molar-refractivity contribution in [3.05, 3.63) is 16.5 Å². The number of aromatic nitrogens is 2. The minimum atomic E-state index is -3.23. The zero-order valence-electron chi connectivity index (χ0n) is 11.6. The summed E-state index contributed by atoms with van der Waals surface area (Å²) in [6.07, 6.45) is 2.18. The first-order chi connectivity index (χ1) is 9.43. The molecule has 0 atom stereocenters. The van der Waals surface area contributed by atoms with Crippen LogP contribution in [0.5, 0.6) is 0 Å². The summed E-state index contributed by atoms with van der Waals surface area (Å²) in [5, 5.41) is 3.47. The van der Waals surface area contributed by atoms with E-state index in [0.29, 0.717) is 23.4 Å². The van der Waals surface area contributed by atoms with E-state index in [1.807, 2.05) is 6.92 Å². The summed E-state index contributed by atoms with van der Waals surface area (Å²) in [4.78, 5) is 8.70. The quantitative estimate of drug-likeness (QED) is 0.747. The molecule has 0 saturated heterocycles. The van der Waals surface area contributed by atoms with Crippen molar-refractivity contribution >= 4 is 27.4 Å². The van der Waals surface area contributed by atoms with Gasteiger partial charge in [0.1, 0.15) is 16.8 Å². The van der Waals surface area contributed by atoms with Crippen LogP contribution in [0.4, 0.5) is 5.82 Å². The van der Waals surface area contributed by atoms with Crippen LogP contribution in [-0.2, 0) is 10.0 Å². The molecule has 1 aromatic heterocycles. The first-order valence-corrected chi connectivity index (χ1v) is 8.71. The third-order valence-electron chi connectivity index (χ3n) is 3.07. The van der Waals surface area contributed by atoms with Crippen LogP contribution in [0.15, 0.2) is 0 Å². The molecule has 2 N–H and O–H groups in total. The molecule has 0 radical (unpaired) electrons. The lowest BCUT2D eigenvalue weighted by molar-refractivity contribution is 0.584. The van der Waals surface area contributed by atoms with Crippen molar-refractivity contribution in [3.63, 3.8) is 0 Å². The molecule has 6 nitrogen and oxygen atoms in total. The van der Waals surface area contributed by atoms with Crippen molar-refractivity contribution in [2.75, 3.05) is 24.2 Å². The molecular weight excluding hydrogens is 300 g/mol. The van der Waals surface area contributed by atoms with Gasteiger partial charge < -0.3 is 5.32 Å². The maximum absolute atomic E-state index is 11.5. The third kappa shape index (κ3) is 4.04. The van der Waals surface area contributed by atoms with Crippen LogP contribution >= 0.6 is 11.6 Å². The van der Waals surface area contributed by atoms with Gasteiger partial charge in [0.2, 0.25) is 10.0 Å². The van der Waals surface area contributed by atoms with Crippen molar-refractivity contribution in [3.8, 4) is 0 Å². The second kappa shape index (κ2) is 6.24. The molecule has 0 aromatic carbocycles. The maximum atomic E-state index is 11.5. The molecule has 1 fully saturated rings. The smallest absolute Gasteiger partial charge is 0.213 e. The number of rotatable bonds is 7. The average molecular weight is 319 g/mol. The van der Waals surface area contributed by atoms with Crippen LogP contribution < -0.4 is 10.0 Å². The summed E-state index contributed by atoms with van der Waals surface area (Å²) in [5.41, 5.74) is 0.747. The van der Waals surface area contributed by atoms with Crippen LogP contribution in [0.25, 0.3) is 0 Å². The topological polar surface area (TPSA) is 84.0 Å². The van der Waals surface area contributed by atoms with Gasteiger partial charge in [-0.2, -0.15) is 0 Å². The molecule has 0 amide bonds. The monoisotopic (exact) mass is 318 g/mol. The molecular formula is C12H19ClN4O2S. The van der Waals surface area contributed by atoms with Crippen LogP contribution in [0.3, 0.4) is 0 Å². The molecule has 8 heteroatoms. The molecule has 0 spiro atoms. The van der Waals surface area contributed by atoms with Crippen molar-refractivity contribution in [1.82, 2.24) is 14.7 Å². The number of halogens is 1. The van der Waals surface area contributed by atoms with Crippen LogP contribution in [0.1, 0.15) is 37.1 Å². The fourth-order valence-corrected chi connectivity index (χ4v) is 2.93. The Bertz CT molecular complexity index is 587. The Balaban J connectivity index is 2.02. The number of sulfonamides is 1. The minimum Gasteiger partial charge on any atom is -0.369 e. The van der Waals surface area contributed by atoms with Crippen molar-refractivity contribution in [2.45, 2.75) is 32.6 Å². The molecule has 0 bridgehead atoms. The highest BCUT2D eigenvalue weighted by molar-refractivity contribution is 7.89. The second-order valence-corrected chi connectivity index (χ2v) is 7.15. The van der Waals surface area contributed by atoms with Gasteiger partial charge in [-0.25, -0.2) is 23.1 Å². The summed E-state index contributed by atoms with van der Waals surface area (Å²) >= 11 is 6.09. The Hall–Kier alpha value is -0.920. The van der Waals surface area contributed by atoms with Crippen LogP contribution in [-0.4, -0.2) is 37.2 Å². The van der Waals surface area contributed by atoms with Crippen molar-refractivity contribution < 1.29 is 8.42 Å². The molecule has 1 heterocycles. The van der Waals surface area contributed by atoms with Crippen molar-refractivity contribution in [2.24, 2.45) is 0 Å². The number of nitrogens with one attached hydrogen (secondary N) is 2. The first-order valence-electron chi connectivity index (χ1n) is 6.68. The molecule has 1 aliphatic carbocycles. The van der Waals surface area contributed by atoms with E-state index in [1.54, 1.807) is 6.92 Å². The zero-order valence-corrected chi connectivity index (χ0v) is 13.2. The van der Waals surface area contributed by atoms with Crippen LogP contribution in [0, 0.1) is 6.92 Å². The van der Waals surface area contributed by atoms with Gasteiger partial charge in [0.05, 0.1) is 5.75 Å². The largest absolute Gasteiger partial charge is 0.369 e. The van der Waals surface area contributed by atoms with E-state index in [4.69, 9.17) is 11.6 Å². The number of anilines is 1. The fourth-order valence-electron chi connectivity index (χ4n) is 1.80. The lowest BCUT2D eigenvalue weighted by Gasteiger charge is -2.11. The SMILES string of the molecule is CCNS(=O)(=O)CCNc1nc(C2CC2)nc(Cl)c1C. The molecule has 20 heavy (non-hydrogen) atoms. The summed E-state index contributed by atoms with van der Waals surface area (Å²) in [6.45, 7) is 4.25. The lowest BCUT2D eigenvalue weighted by Crippen LogP contribution is -2.29. The Morgan fingerprint density at radius 3 is 2.65 bits per heavy atom. The summed E-state index contributed by atoms with van der Waals surface area (Å²) in [7, 11) is -3.23. The Kier molecular flexibility index (Phi) is 4.82. The van der Waals surface area contributed by atoms with Gasteiger partial charge in [0.25, 0.3) is 0 Å². The standard InChI is InChI=1S/C12H19ClN4O2S/c1-3-15-20(18,19)7-6-14-11-8(2)10(13)16-12(17-11)9-4-5-9/h9,15H,3-7H2,1-2H3,(H,14,16,17). The summed E-state index contributed by atoms with van der Waals surface area (Å²) < 4.78 is 25.5. The number of nitrogens with zero attached hydrogens (tertiary/aromatic N) is 2. The Morgan fingerprint density at radius 1 is 1.35 bits per heavy atom. The molecule has 112 valence electrons. The number of hydrogen-bond acceptors (Lipinski definition) is 5. The van der Waals surface area contributed by atoms with E-state index in [2.05, 4.69) is 20.0 Å². The zero-order chi connectivity index (χ0) is 14.8. The molecule has 1 aliphatic rings. The van der Waals surface area contributed by atoms with E-state index < -0.39 is 10.0 Å². The van der Waals surface area contributed by atoms with E-state index in [9.17, 15) is 8.42 Å². The molecule has 0 aliphatic heterocycles. The Labute approximate surface area is 124 Å². The molecule has 1 saturated carbocycles. The highest BCUT2D eigenvalue weighted by atomic mass is 35.5. The predicted molar refractivity (Wildman–Crippen MR) is 79.7 cm³/mol. The third-order valence-corrected chi connectivity index (χ3v) is 4.91. The normalized spacial score (nSPS) is 15.3. The maximum Gasteiger partial charge on any atom is 0.213 e. The van der Waals surface area contributed by atoms with Crippen molar-refractivity contribution in [1.29, 1.82) is 0 Å². The number of hydrogen-bond donors (Lipinski definition) is 2. The first kappa shape index (κ1) is 15.5. The average Bonchev–Trinajstić information content (AvgIpc) is 3.18. The predicted octanol–water partition coefficient (Wildman–Crippen LogP) is 1.67. The van der Waals surface area contributed by atoms with Gasteiger partial charge in [-0.1, -0.05) is 18.5 Å². The van der Waals surface area contributed by atoms with E-state index in [-0.39, 0.29) is 12.3 Å². The molecule has 1 aromatic rings. The second-order valence-electron chi connectivity index (χ2n) is 4.86. The minimum absolute atomic E-state index is 0.000659. The Morgan fingerprint density at radius 2 is 2.05 bits per heavy atom. The van der Waals surface area contributed by atoms with Gasteiger partial charge in [0.15, 0.2) is 0 Å². The summed E-state index contributed by atoms with van der Waals surface area (Å²) in [5.74, 6) is 1.77. The highest BCUT2D eigenvalue weighted by Gasteiger charge is 2.28. The van der Waals surface area contributed by atoms with E-state index in [1.165, 1.54) is 0 Å². The van der Waals surface area contributed by atoms with Crippen LogP contribution in [0.2, 0.25) is 5.15 Å². The summed E-state index contributed by atoms with van der Waals surface area (Å²) in [6, 6.07) is 0. The molecule has 0 unspecified atom stereocenters.